The minimum atomic E-state index is -0.921. The molecule has 2 N–H and O–H groups in total. The Morgan fingerprint density at radius 2 is 1.68 bits per heavy atom. The zero-order valence-corrected chi connectivity index (χ0v) is 19.2. The maximum Gasteiger partial charge on any atom is 0.331 e. The molecule has 0 radical (unpaired) electrons. The number of rotatable bonds is 8. The van der Waals surface area contributed by atoms with Crippen LogP contribution in [0.5, 0.6) is 11.5 Å². The number of nitrogens with one attached hydrogen (secondary N) is 1. The minimum Gasteiger partial charge on any atom is -0.496 e. The topological polar surface area (TPSA) is 67.8 Å². The van der Waals surface area contributed by atoms with Crippen molar-refractivity contribution in [2.45, 2.75) is 58.9 Å². The van der Waals surface area contributed by atoms with Gasteiger partial charge in [-0.3, -0.25) is 0 Å². The van der Waals surface area contributed by atoms with E-state index in [2.05, 4.69) is 29.6 Å². The first-order chi connectivity index (χ1) is 14.9. The molecule has 3 rings (SSSR count). The Hall–Kier alpha value is -2.95. The van der Waals surface area contributed by atoms with E-state index in [9.17, 15) is 9.90 Å². The summed E-state index contributed by atoms with van der Waals surface area (Å²) in [5, 5.41) is 13.1. The van der Waals surface area contributed by atoms with Crippen molar-refractivity contribution in [1.29, 1.82) is 0 Å². The molecule has 0 amide bonds. The number of carboxylic acids is 1. The van der Waals surface area contributed by atoms with Gasteiger partial charge in [0.1, 0.15) is 11.5 Å². The highest BCUT2D eigenvalue weighted by Crippen LogP contribution is 2.45. The van der Waals surface area contributed by atoms with E-state index in [-0.39, 0.29) is 0 Å². The molecule has 31 heavy (non-hydrogen) atoms. The van der Waals surface area contributed by atoms with Crippen LogP contribution in [0.1, 0.15) is 55.7 Å². The number of aliphatic carboxylic acids is 1. The van der Waals surface area contributed by atoms with Crippen LogP contribution < -0.4 is 14.8 Å². The van der Waals surface area contributed by atoms with Crippen LogP contribution in [0.15, 0.2) is 29.8 Å². The van der Waals surface area contributed by atoms with E-state index < -0.39 is 5.97 Å². The van der Waals surface area contributed by atoms with Gasteiger partial charge in [0.15, 0.2) is 0 Å². The van der Waals surface area contributed by atoms with E-state index in [1.165, 1.54) is 25.7 Å². The summed E-state index contributed by atoms with van der Waals surface area (Å²) in [7, 11) is 3.27. The molecule has 5 nitrogen and oxygen atoms in total. The quantitative estimate of drug-likeness (QED) is 0.493. The second kappa shape index (κ2) is 9.90. The van der Waals surface area contributed by atoms with Crippen LogP contribution in [0, 0.1) is 13.8 Å². The summed E-state index contributed by atoms with van der Waals surface area (Å²) in [5.74, 6) is 0.491. The number of methoxy groups -OCH3 is 2. The van der Waals surface area contributed by atoms with Gasteiger partial charge in [0.25, 0.3) is 0 Å². The lowest BCUT2D eigenvalue weighted by molar-refractivity contribution is -0.132. The molecule has 2 aromatic carbocycles. The standard InChI is InChI=1S/C26H33NO4/c1-6-18(26(28)29)15-22-16(2)25(31-5)23(17(3)24(22)30-4)19-11-13-21(14-12-19)27-20-9-7-8-10-20/h11-15,20,27H,6-10H2,1-5H3,(H,28,29). The van der Waals surface area contributed by atoms with Crippen LogP contribution in [0.4, 0.5) is 5.69 Å². The first-order valence-corrected chi connectivity index (χ1v) is 11.0. The third-order valence-corrected chi connectivity index (χ3v) is 6.21. The van der Waals surface area contributed by atoms with Crippen molar-refractivity contribution in [2.24, 2.45) is 0 Å². The second-order valence-corrected chi connectivity index (χ2v) is 8.14. The Balaban J connectivity index is 2.08. The van der Waals surface area contributed by atoms with Gasteiger partial charge in [-0.2, -0.15) is 0 Å². The number of ether oxygens (including phenoxy) is 2. The molecule has 1 aliphatic carbocycles. The van der Waals surface area contributed by atoms with Crippen LogP contribution in [-0.2, 0) is 4.79 Å². The van der Waals surface area contributed by atoms with E-state index in [1.54, 1.807) is 20.3 Å². The van der Waals surface area contributed by atoms with Crippen LogP contribution >= 0.6 is 0 Å². The minimum absolute atomic E-state index is 0.331. The molecule has 1 aliphatic rings. The van der Waals surface area contributed by atoms with Gasteiger partial charge in [-0.25, -0.2) is 4.79 Å². The normalized spacial score (nSPS) is 14.5. The lowest BCUT2D eigenvalue weighted by Crippen LogP contribution is -2.14. The fourth-order valence-electron chi connectivity index (χ4n) is 4.53. The number of benzene rings is 2. The van der Waals surface area contributed by atoms with Gasteiger partial charge < -0.3 is 19.9 Å². The molecule has 2 aromatic rings. The van der Waals surface area contributed by atoms with Crippen molar-refractivity contribution in [3.05, 3.63) is 46.5 Å². The van der Waals surface area contributed by atoms with Crippen molar-refractivity contribution >= 4 is 17.7 Å². The average molecular weight is 424 g/mol. The van der Waals surface area contributed by atoms with Crippen molar-refractivity contribution in [3.8, 4) is 22.6 Å². The van der Waals surface area contributed by atoms with E-state index in [0.717, 1.165) is 39.3 Å². The summed E-state index contributed by atoms with van der Waals surface area (Å²) in [5.41, 5.74) is 6.00. The van der Waals surface area contributed by atoms with Crippen molar-refractivity contribution < 1.29 is 19.4 Å². The highest BCUT2D eigenvalue weighted by Gasteiger charge is 2.22. The molecule has 1 saturated carbocycles. The molecule has 0 saturated heterocycles. The number of anilines is 1. The van der Waals surface area contributed by atoms with Gasteiger partial charge in [-0.1, -0.05) is 31.9 Å². The Bertz CT molecular complexity index is 970. The maximum absolute atomic E-state index is 11.6. The summed E-state index contributed by atoms with van der Waals surface area (Å²) in [6, 6.07) is 9.00. The Morgan fingerprint density at radius 3 is 2.19 bits per heavy atom. The number of hydrogen-bond donors (Lipinski definition) is 2. The molecule has 0 aliphatic heterocycles. The third-order valence-electron chi connectivity index (χ3n) is 6.21. The predicted octanol–water partition coefficient (Wildman–Crippen LogP) is 6.22. The van der Waals surface area contributed by atoms with Gasteiger partial charge in [0, 0.05) is 39.6 Å². The summed E-state index contributed by atoms with van der Waals surface area (Å²) < 4.78 is 11.6. The first kappa shape index (κ1) is 22.7. The molecule has 5 heteroatoms. The van der Waals surface area contributed by atoms with Gasteiger partial charge in [-0.15, -0.1) is 0 Å². The Labute approximate surface area is 185 Å². The maximum atomic E-state index is 11.6. The number of carbonyl (C=O) groups is 1. The van der Waals surface area contributed by atoms with E-state index in [4.69, 9.17) is 9.47 Å². The lowest BCUT2D eigenvalue weighted by Gasteiger charge is -2.22. The third kappa shape index (κ3) is 4.71. The largest absolute Gasteiger partial charge is 0.496 e. The zero-order chi connectivity index (χ0) is 22.5. The highest BCUT2D eigenvalue weighted by atomic mass is 16.5. The molecular weight excluding hydrogens is 390 g/mol. The second-order valence-electron chi connectivity index (χ2n) is 8.14. The molecule has 0 aromatic heterocycles. The van der Waals surface area contributed by atoms with Crippen molar-refractivity contribution in [3.63, 3.8) is 0 Å². The molecule has 166 valence electrons. The molecule has 0 atom stereocenters. The molecule has 0 unspecified atom stereocenters. The van der Waals surface area contributed by atoms with E-state index in [0.29, 0.717) is 23.8 Å². The molecule has 0 spiro atoms. The van der Waals surface area contributed by atoms with E-state index >= 15 is 0 Å². The molecule has 0 heterocycles. The number of hydrogen-bond acceptors (Lipinski definition) is 4. The molecule has 1 fully saturated rings. The highest BCUT2D eigenvalue weighted by molar-refractivity contribution is 5.94. The smallest absolute Gasteiger partial charge is 0.331 e. The van der Waals surface area contributed by atoms with Crippen LogP contribution in [0.25, 0.3) is 17.2 Å². The molecular formula is C26H33NO4. The predicted molar refractivity (Wildman–Crippen MR) is 126 cm³/mol. The van der Waals surface area contributed by atoms with Gasteiger partial charge in [-0.05, 0) is 56.9 Å². The SMILES string of the molecule is CCC(=Cc1c(C)c(OC)c(-c2ccc(NC3CCCC3)cc2)c(C)c1OC)C(=O)O. The fraction of sp³-hybridized carbons (Fsp3) is 0.423. The summed E-state index contributed by atoms with van der Waals surface area (Å²) in [6.07, 6.45) is 7.19. The van der Waals surface area contributed by atoms with Crippen LogP contribution in [0.2, 0.25) is 0 Å². The average Bonchev–Trinajstić information content (AvgIpc) is 3.27. The monoisotopic (exact) mass is 423 g/mol. The first-order valence-electron chi connectivity index (χ1n) is 11.0. The Kier molecular flexibility index (Phi) is 7.26. The van der Waals surface area contributed by atoms with Crippen molar-refractivity contribution in [2.75, 3.05) is 19.5 Å². The van der Waals surface area contributed by atoms with Gasteiger partial charge in [0.2, 0.25) is 0 Å². The summed E-state index contributed by atoms with van der Waals surface area (Å²) >= 11 is 0. The summed E-state index contributed by atoms with van der Waals surface area (Å²) in [4.78, 5) is 11.6. The lowest BCUT2D eigenvalue weighted by atomic mass is 9.91. The summed E-state index contributed by atoms with van der Waals surface area (Å²) in [6.45, 7) is 5.77. The zero-order valence-electron chi connectivity index (χ0n) is 19.2. The van der Waals surface area contributed by atoms with Crippen LogP contribution in [0.3, 0.4) is 0 Å². The number of carboxylic acid groups (broad SMARTS) is 1. The van der Waals surface area contributed by atoms with Crippen LogP contribution in [-0.4, -0.2) is 31.3 Å². The fourth-order valence-corrected chi connectivity index (χ4v) is 4.53. The molecule has 0 bridgehead atoms. The van der Waals surface area contributed by atoms with Crippen molar-refractivity contribution in [1.82, 2.24) is 0 Å². The van der Waals surface area contributed by atoms with E-state index in [1.807, 2.05) is 20.8 Å². The van der Waals surface area contributed by atoms with Gasteiger partial charge in [0.05, 0.1) is 14.2 Å². The van der Waals surface area contributed by atoms with Gasteiger partial charge >= 0.3 is 5.97 Å². The Morgan fingerprint density at radius 1 is 1.06 bits per heavy atom.